The summed E-state index contributed by atoms with van der Waals surface area (Å²) in [7, 11) is 0. The van der Waals surface area contributed by atoms with E-state index in [2.05, 4.69) is 0 Å². The molecule has 8 heteroatoms. The highest BCUT2D eigenvalue weighted by Crippen LogP contribution is 2.14. The van der Waals surface area contributed by atoms with Gasteiger partial charge in [0.25, 0.3) is 0 Å². The highest BCUT2D eigenvalue weighted by atomic mass is 32.1. The smallest absolute Gasteiger partial charge is 0.338 e. The highest BCUT2D eigenvalue weighted by Gasteiger charge is 2.46. The zero-order valence-electron chi connectivity index (χ0n) is 12.7. The van der Waals surface area contributed by atoms with Crippen molar-refractivity contribution in [1.29, 1.82) is 0 Å². The van der Waals surface area contributed by atoms with Crippen molar-refractivity contribution < 1.29 is 24.4 Å². The number of quaternary nitrogens is 1. The van der Waals surface area contributed by atoms with Crippen LogP contribution in [-0.4, -0.2) is 65.2 Å². The lowest BCUT2D eigenvalue weighted by Crippen LogP contribution is -3.14. The SMILES string of the molecule is O=C1C(=O)N(C[NH+]2CCC(O)CC2)C(=O)N1CCc1cccs1. The van der Waals surface area contributed by atoms with Crippen molar-refractivity contribution in [1.82, 2.24) is 9.80 Å². The second kappa shape index (κ2) is 6.77. The second-order valence-electron chi connectivity index (χ2n) is 5.94. The summed E-state index contributed by atoms with van der Waals surface area (Å²) < 4.78 is 0. The molecule has 4 amide bonds. The fourth-order valence-corrected chi connectivity index (χ4v) is 3.65. The van der Waals surface area contributed by atoms with Crippen LogP contribution in [0.1, 0.15) is 17.7 Å². The molecule has 0 saturated carbocycles. The minimum absolute atomic E-state index is 0.200. The number of carbonyl (C=O) groups excluding carboxylic acids is 3. The average Bonchev–Trinajstić information content (AvgIpc) is 3.12. The molecule has 2 aliphatic rings. The van der Waals surface area contributed by atoms with E-state index in [4.69, 9.17) is 0 Å². The van der Waals surface area contributed by atoms with Crippen LogP contribution in [0.5, 0.6) is 0 Å². The van der Waals surface area contributed by atoms with Gasteiger partial charge >= 0.3 is 17.8 Å². The van der Waals surface area contributed by atoms with E-state index in [1.54, 1.807) is 11.3 Å². The first-order chi connectivity index (χ1) is 11.1. The average molecular weight is 338 g/mol. The zero-order valence-corrected chi connectivity index (χ0v) is 13.6. The van der Waals surface area contributed by atoms with Gasteiger partial charge in [-0.3, -0.25) is 14.5 Å². The van der Waals surface area contributed by atoms with Crippen molar-refractivity contribution in [2.24, 2.45) is 0 Å². The van der Waals surface area contributed by atoms with Gasteiger partial charge in [-0.25, -0.2) is 9.69 Å². The second-order valence-corrected chi connectivity index (χ2v) is 6.97. The molecule has 2 aliphatic heterocycles. The van der Waals surface area contributed by atoms with Crippen LogP contribution in [-0.2, 0) is 16.0 Å². The quantitative estimate of drug-likeness (QED) is 0.537. The van der Waals surface area contributed by atoms with Gasteiger partial charge in [0.1, 0.15) is 0 Å². The first-order valence-electron chi connectivity index (χ1n) is 7.77. The van der Waals surface area contributed by atoms with Gasteiger partial charge in [0, 0.05) is 30.7 Å². The molecule has 3 heterocycles. The number of likely N-dealkylation sites (tertiary alicyclic amines) is 1. The van der Waals surface area contributed by atoms with Crippen LogP contribution >= 0.6 is 11.3 Å². The van der Waals surface area contributed by atoms with E-state index in [0.717, 1.165) is 19.6 Å². The molecule has 0 aromatic carbocycles. The van der Waals surface area contributed by atoms with E-state index in [1.807, 2.05) is 17.5 Å². The number of aliphatic hydroxyl groups excluding tert-OH is 1. The third-order valence-corrected chi connectivity index (χ3v) is 5.28. The summed E-state index contributed by atoms with van der Waals surface area (Å²) in [4.78, 5) is 40.7. The molecule has 0 radical (unpaired) electrons. The lowest BCUT2D eigenvalue weighted by molar-refractivity contribution is -0.913. The Labute approximate surface area is 138 Å². The Balaban J connectivity index is 1.60. The van der Waals surface area contributed by atoms with E-state index in [1.165, 1.54) is 0 Å². The highest BCUT2D eigenvalue weighted by molar-refractivity contribution is 7.09. The number of nitrogens with one attached hydrogen (secondary N) is 1. The Morgan fingerprint density at radius 3 is 2.52 bits per heavy atom. The molecule has 0 bridgehead atoms. The number of hydrogen-bond acceptors (Lipinski definition) is 5. The molecule has 1 aromatic heterocycles. The predicted octanol–water partition coefficient (Wildman–Crippen LogP) is -0.921. The molecule has 2 fully saturated rings. The molecular weight excluding hydrogens is 318 g/mol. The first kappa shape index (κ1) is 16.1. The van der Waals surface area contributed by atoms with Gasteiger partial charge in [-0.1, -0.05) is 6.07 Å². The number of thiophene rings is 1. The number of hydrogen-bond donors (Lipinski definition) is 2. The van der Waals surface area contributed by atoms with Gasteiger partial charge in [-0.15, -0.1) is 11.3 Å². The summed E-state index contributed by atoms with van der Waals surface area (Å²) in [5.41, 5.74) is 0. The van der Waals surface area contributed by atoms with Crippen molar-refractivity contribution in [3.8, 4) is 0 Å². The van der Waals surface area contributed by atoms with E-state index < -0.39 is 17.8 Å². The summed E-state index contributed by atoms with van der Waals surface area (Å²) in [5.74, 6) is -1.47. The van der Waals surface area contributed by atoms with Crippen molar-refractivity contribution >= 4 is 29.2 Å². The molecule has 0 aliphatic carbocycles. The number of rotatable bonds is 5. The maximum atomic E-state index is 12.4. The lowest BCUT2D eigenvalue weighted by Gasteiger charge is -2.28. The van der Waals surface area contributed by atoms with Crippen LogP contribution in [0.3, 0.4) is 0 Å². The molecule has 124 valence electrons. The Bertz CT molecular complexity index is 596. The predicted molar refractivity (Wildman–Crippen MR) is 82.8 cm³/mol. The molecule has 7 nitrogen and oxygen atoms in total. The zero-order chi connectivity index (χ0) is 16.4. The minimum atomic E-state index is -0.736. The summed E-state index contributed by atoms with van der Waals surface area (Å²) in [6.45, 7) is 1.82. The molecule has 0 spiro atoms. The standard InChI is InChI=1S/C15H19N3O4S/c19-11-3-6-16(7-4-11)10-18-14(21)13(20)17(15(18)22)8-5-12-2-1-9-23-12/h1-2,9,11,19H,3-8,10H2/p+1. The van der Waals surface area contributed by atoms with Crippen LogP contribution < -0.4 is 4.90 Å². The summed E-state index contributed by atoms with van der Waals surface area (Å²) >= 11 is 1.56. The van der Waals surface area contributed by atoms with Crippen molar-refractivity contribution in [3.63, 3.8) is 0 Å². The Morgan fingerprint density at radius 1 is 1.17 bits per heavy atom. The number of aliphatic hydroxyl groups is 1. The van der Waals surface area contributed by atoms with Gasteiger partial charge in [0.15, 0.2) is 6.67 Å². The van der Waals surface area contributed by atoms with E-state index in [0.29, 0.717) is 32.4 Å². The van der Waals surface area contributed by atoms with Gasteiger partial charge in [-0.2, -0.15) is 0 Å². The molecule has 1 aromatic rings. The number of piperidine rings is 1. The molecule has 0 atom stereocenters. The molecule has 23 heavy (non-hydrogen) atoms. The number of amides is 4. The number of urea groups is 1. The van der Waals surface area contributed by atoms with E-state index in [9.17, 15) is 19.5 Å². The molecule has 2 N–H and O–H groups in total. The maximum absolute atomic E-state index is 12.4. The third kappa shape index (κ3) is 3.44. The van der Waals surface area contributed by atoms with Crippen LogP contribution in [0, 0.1) is 0 Å². The lowest BCUT2D eigenvalue weighted by atomic mass is 10.1. The summed E-state index contributed by atoms with van der Waals surface area (Å²) in [6.07, 6.45) is 1.58. The van der Waals surface area contributed by atoms with Crippen molar-refractivity contribution in [3.05, 3.63) is 22.4 Å². The normalized spacial score (nSPS) is 25.5. The van der Waals surface area contributed by atoms with Gasteiger partial charge in [0.05, 0.1) is 19.2 Å². The van der Waals surface area contributed by atoms with Crippen LogP contribution in [0.2, 0.25) is 0 Å². The Kier molecular flexibility index (Phi) is 4.74. The summed E-state index contributed by atoms with van der Waals surface area (Å²) in [5, 5.41) is 11.5. The van der Waals surface area contributed by atoms with E-state index >= 15 is 0 Å². The van der Waals surface area contributed by atoms with Crippen LogP contribution in [0.15, 0.2) is 17.5 Å². The Morgan fingerprint density at radius 2 is 1.87 bits per heavy atom. The number of carbonyl (C=O) groups is 3. The third-order valence-electron chi connectivity index (χ3n) is 4.34. The van der Waals surface area contributed by atoms with E-state index in [-0.39, 0.29) is 19.3 Å². The molecular formula is C15H20N3O4S+. The monoisotopic (exact) mass is 338 g/mol. The van der Waals surface area contributed by atoms with Gasteiger partial charge < -0.3 is 10.0 Å². The largest absolute Gasteiger partial charge is 0.393 e. The number of nitrogens with zero attached hydrogens (tertiary/aromatic N) is 2. The van der Waals surface area contributed by atoms with Crippen molar-refractivity contribution in [2.75, 3.05) is 26.3 Å². The van der Waals surface area contributed by atoms with Gasteiger partial charge in [-0.05, 0) is 11.4 Å². The molecule has 2 saturated heterocycles. The summed E-state index contributed by atoms with van der Waals surface area (Å²) in [6, 6.07) is 3.34. The topological polar surface area (TPSA) is 82.4 Å². The Hall–Kier alpha value is -1.77. The molecule has 0 unspecified atom stereocenters. The number of imide groups is 2. The van der Waals surface area contributed by atoms with Crippen LogP contribution in [0.25, 0.3) is 0 Å². The van der Waals surface area contributed by atoms with Crippen molar-refractivity contribution in [2.45, 2.75) is 25.4 Å². The molecule has 3 rings (SSSR count). The minimum Gasteiger partial charge on any atom is -0.393 e. The fourth-order valence-electron chi connectivity index (χ4n) is 2.96. The van der Waals surface area contributed by atoms with Crippen LogP contribution in [0.4, 0.5) is 4.79 Å². The first-order valence-corrected chi connectivity index (χ1v) is 8.65. The fraction of sp³-hybridized carbons (Fsp3) is 0.533. The van der Waals surface area contributed by atoms with Gasteiger partial charge in [0.2, 0.25) is 0 Å². The maximum Gasteiger partial charge on any atom is 0.338 e.